The maximum absolute atomic E-state index is 12.2. The summed E-state index contributed by atoms with van der Waals surface area (Å²) in [6.07, 6.45) is 1.25. The molecule has 0 bridgehead atoms. The van der Waals surface area contributed by atoms with Crippen LogP contribution in [0.15, 0.2) is 18.3 Å². The molecule has 0 aromatic carbocycles. The first-order valence-electron chi connectivity index (χ1n) is 5.91. The second kappa shape index (κ2) is 5.68. The smallest absolute Gasteiger partial charge is 0.329 e. The molecule has 7 nitrogen and oxygen atoms in total. The van der Waals surface area contributed by atoms with Crippen molar-refractivity contribution in [2.45, 2.75) is 19.4 Å². The molecular formula is C13H17N3O4. The van der Waals surface area contributed by atoms with E-state index in [0.717, 1.165) is 4.90 Å². The second-order valence-corrected chi connectivity index (χ2v) is 4.74. The number of rotatable bonds is 4. The minimum atomic E-state index is -1.34. The Morgan fingerprint density at radius 3 is 2.30 bits per heavy atom. The highest BCUT2D eigenvalue weighted by Gasteiger charge is 2.35. The molecule has 0 aliphatic heterocycles. The first-order valence-corrected chi connectivity index (χ1v) is 5.91. The minimum absolute atomic E-state index is 0.184. The number of pyridine rings is 1. The van der Waals surface area contributed by atoms with E-state index in [1.807, 2.05) is 0 Å². The SMILES string of the molecule is CNC(=O)c1ccc(C(=O)N(C)C(C)(C)C(=O)O)cn1. The van der Waals surface area contributed by atoms with Gasteiger partial charge in [-0.15, -0.1) is 0 Å². The number of nitrogens with zero attached hydrogens (tertiary/aromatic N) is 2. The van der Waals surface area contributed by atoms with E-state index in [4.69, 9.17) is 5.11 Å². The van der Waals surface area contributed by atoms with Gasteiger partial charge in [0.1, 0.15) is 11.2 Å². The summed E-state index contributed by atoms with van der Waals surface area (Å²) in [5.41, 5.74) is -0.935. The minimum Gasteiger partial charge on any atom is -0.480 e. The Morgan fingerprint density at radius 1 is 1.30 bits per heavy atom. The number of nitrogens with one attached hydrogen (secondary N) is 1. The second-order valence-electron chi connectivity index (χ2n) is 4.74. The summed E-state index contributed by atoms with van der Waals surface area (Å²) >= 11 is 0. The average Bonchev–Trinajstić information content (AvgIpc) is 2.44. The van der Waals surface area contributed by atoms with Gasteiger partial charge in [-0.25, -0.2) is 4.79 Å². The molecule has 2 amide bonds. The fraction of sp³-hybridized carbons (Fsp3) is 0.385. The molecule has 1 heterocycles. The van der Waals surface area contributed by atoms with Crippen molar-refractivity contribution in [3.8, 4) is 0 Å². The lowest BCUT2D eigenvalue weighted by atomic mass is 10.0. The number of aromatic nitrogens is 1. The van der Waals surface area contributed by atoms with Gasteiger partial charge >= 0.3 is 5.97 Å². The number of carbonyl (C=O) groups is 3. The highest BCUT2D eigenvalue weighted by atomic mass is 16.4. The van der Waals surface area contributed by atoms with E-state index in [-0.39, 0.29) is 17.2 Å². The van der Waals surface area contributed by atoms with E-state index in [9.17, 15) is 14.4 Å². The Kier molecular flexibility index (Phi) is 4.44. The van der Waals surface area contributed by atoms with Gasteiger partial charge in [-0.3, -0.25) is 14.6 Å². The quantitative estimate of drug-likeness (QED) is 0.829. The van der Waals surface area contributed by atoms with Crippen LogP contribution in [0.5, 0.6) is 0 Å². The van der Waals surface area contributed by atoms with Gasteiger partial charge in [-0.2, -0.15) is 0 Å². The standard InChI is InChI=1S/C13H17N3O4/c1-13(2,12(19)20)16(4)11(18)8-5-6-9(15-7-8)10(17)14-3/h5-7H,1-4H3,(H,14,17)(H,19,20). The van der Waals surface area contributed by atoms with E-state index in [1.165, 1.54) is 46.3 Å². The zero-order valence-electron chi connectivity index (χ0n) is 11.8. The molecule has 1 aromatic rings. The van der Waals surface area contributed by atoms with Crippen LogP contribution in [0, 0.1) is 0 Å². The number of amides is 2. The van der Waals surface area contributed by atoms with Crippen LogP contribution in [0.2, 0.25) is 0 Å². The molecule has 2 N–H and O–H groups in total. The summed E-state index contributed by atoms with van der Waals surface area (Å²) in [6, 6.07) is 2.85. The molecule has 0 saturated carbocycles. The fourth-order valence-corrected chi connectivity index (χ4v) is 1.37. The molecule has 0 radical (unpaired) electrons. The third-order valence-electron chi connectivity index (χ3n) is 3.14. The molecule has 7 heteroatoms. The fourth-order valence-electron chi connectivity index (χ4n) is 1.37. The molecule has 108 valence electrons. The first-order chi connectivity index (χ1) is 9.21. The maximum Gasteiger partial charge on any atom is 0.329 e. The number of carboxylic acid groups (broad SMARTS) is 1. The highest BCUT2D eigenvalue weighted by molar-refractivity contribution is 5.98. The number of hydrogen-bond acceptors (Lipinski definition) is 4. The van der Waals surface area contributed by atoms with Crippen LogP contribution in [0.3, 0.4) is 0 Å². The predicted octanol–water partition coefficient (Wildman–Crippen LogP) is 0.376. The Bertz CT molecular complexity index is 537. The van der Waals surface area contributed by atoms with Crippen molar-refractivity contribution in [3.05, 3.63) is 29.6 Å². The van der Waals surface area contributed by atoms with E-state index in [2.05, 4.69) is 10.3 Å². The van der Waals surface area contributed by atoms with Crippen molar-refractivity contribution in [2.75, 3.05) is 14.1 Å². The van der Waals surface area contributed by atoms with E-state index in [1.54, 1.807) is 0 Å². The lowest BCUT2D eigenvalue weighted by Crippen LogP contribution is -2.50. The van der Waals surface area contributed by atoms with Crippen molar-refractivity contribution in [1.82, 2.24) is 15.2 Å². The number of aliphatic carboxylic acids is 1. The molecule has 20 heavy (non-hydrogen) atoms. The van der Waals surface area contributed by atoms with Crippen LogP contribution in [-0.2, 0) is 4.79 Å². The zero-order chi connectivity index (χ0) is 15.5. The van der Waals surface area contributed by atoms with Crippen molar-refractivity contribution in [2.24, 2.45) is 0 Å². The Morgan fingerprint density at radius 2 is 1.90 bits per heavy atom. The van der Waals surface area contributed by atoms with Gasteiger partial charge in [0, 0.05) is 20.3 Å². The lowest BCUT2D eigenvalue weighted by Gasteiger charge is -2.31. The molecule has 0 spiro atoms. The highest BCUT2D eigenvalue weighted by Crippen LogP contribution is 2.16. The van der Waals surface area contributed by atoms with Gasteiger partial charge in [-0.05, 0) is 26.0 Å². The van der Waals surface area contributed by atoms with Gasteiger partial charge < -0.3 is 15.3 Å². The number of carbonyl (C=O) groups excluding carboxylic acids is 2. The first kappa shape index (κ1) is 15.6. The van der Waals surface area contributed by atoms with Crippen molar-refractivity contribution in [3.63, 3.8) is 0 Å². The van der Waals surface area contributed by atoms with Crippen LogP contribution < -0.4 is 5.32 Å². The predicted molar refractivity (Wildman–Crippen MR) is 71.4 cm³/mol. The molecular weight excluding hydrogens is 262 g/mol. The topological polar surface area (TPSA) is 99.6 Å². The van der Waals surface area contributed by atoms with Crippen LogP contribution in [0.1, 0.15) is 34.7 Å². The van der Waals surface area contributed by atoms with Gasteiger partial charge in [0.25, 0.3) is 11.8 Å². The zero-order valence-corrected chi connectivity index (χ0v) is 11.8. The van der Waals surface area contributed by atoms with Crippen molar-refractivity contribution in [1.29, 1.82) is 0 Å². The molecule has 0 saturated heterocycles. The van der Waals surface area contributed by atoms with Crippen LogP contribution in [-0.4, -0.2) is 52.4 Å². The average molecular weight is 279 g/mol. The summed E-state index contributed by atoms with van der Waals surface area (Å²) in [5.74, 6) is -1.94. The number of likely N-dealkylation sites (N-methyl/N-ethyl adjacent to an activating group) is 1. The summed E-state index contributed by atoms with van der Waals surface area (Å²) in [7, 11) is 2.88. The number of hydrogen-bond donors (Lipinski definition) is 2. The number of carboxylic acids is 1. The van der Waals surface area contributed by atoms with Crippen molar-refractivity contribution >= 4 is 17.8 Å². The van der Waals surface area contributed by atoms with E-state index in [0.29, 0.717) is 0 Å². The monoisotopic (exact) mass is 279 g/mol. The largest absolute Gasteiger partial charge is 0.480 e. The normalized spacial score (nSPS) is 10.8. The summed E-state index contributed by atoms with van der Waals surface area (Å²) in [6.45, 7) is 2.86. The van der Waals surface area contributed by atoms with Gasteiger partial charge in [0.05, 0.1) is 5.56 Å². The molecule has 0 aliphatic carbocycles. The summed E-state index contributed by atoms with van der Waals surface area (Å²) < 4.78 is 0. The van der Waals surface area contributed by atoms with E-state index >= 15 is 0 Å². The molecule has 1 aromatic heterocycles. The van der Waals surface area contributed by atoms with Gasteiger partial charge in [-0.1, -0.05) is 0 Å². The molecule has 1 rings (SSSR count). The lowest BCUT2D eigenvalue weighted by molar-refractivity contribution is -0.147. The maximum atomic E-state index is 12.2. The van der Waals surface area contributed by atoms with Crippen LogP contribution >= 0.6 is 0 Å². The summed E-state index contributed by atoms with van der Waals surface area (Å²) in [5, 5.41) is 11.5. The van der Waals surface area contributed by atoms with Crippen LogP contribution in [0.4, 0.5) is 0 Å². The van der Waals surface area contributed by atoms with E-state index < -0.39 is 17.4 Å². The van der Waals surface area contributed by atoms with Crippen molar-refractivity contribution < 1.29 is 19.5 Å². The third-order valence-corrected chi connectivity index (χ3v) is 3.14. The summed E-state index contributed by atoms with van der Waals surface area (Å²) in [4.78, 5) is 39.6. The molecule has 0 atom stereocenters. The Balaban J connectivity index is 2.99. The van der Waals surface area contributed by atoms with Gasteiger partial charge in [0.15, 0.2) is 0 Å². The van der Waals surface area contributed by atoms with Gasteiger partial charge in [0.2, 0.25) is 0 Å². The molecule has 0 fully saturated rings. The molecule has 0 aliphatic rings. The van der Waals surface area contributed by atoms with Crippen LogP contribution in [0.25, 0.3) is 0 Å². The molecule has 0 unspecified atom stereocenters. The third kappa shape index (κ3) is 2.93. The Labute approximate surface area is 116 Å². The Hall–Kier alpha value is -2.44.